The summed E-state index contributed by atoms with van der Waals surface area (Å²) in [5.41, 5.74) is 0.220. The molecule has 3 aromatic rings. The molecule has 0 aliphatic carbocycles. The number of alkyl halides is 3. The van der Waals surface area contributed by atoms with Gasteiger partial charge in [0, 0.05) is 31.2 Å². The van der Waals surface area contributed by atoms with Crippen LogP contribution in [0.5, 0.6) is 0 Å². The van der Waals surface area contributed by atoms with Crippen molar-refractivity contribution in [2.24, 2.45) is 0 Å². The predicted molar refractivity (Wildman–Crippen MR) is 120 cm³/mol. The third kappa shape index (κ3) is 7.13. The van der Waals surface area contributed by atoms with E-state index in [1.165, 1.54) is 36.7 Å². The molecule has 1 amide bonds. The van der Waals surface area contributed by atoms with Crippen molar-refractivity contribution in [1.82, 2.24) is 14.9 Å². The minimum atomic E-state index is -4.50. The second-order valence-corrected chi connectivity index (χ2v) is 7.30. The molecule has 0 fully saturated rings. The van der Waals surface area contributed by atoms with Crippen LogP contribution < -0.4 is 10.6 Å². The van der Waals surface area contributed by atoms with Gasteiger partial charge in [-0.3, -0.25) is 4.79 Å². The van der Waals surface area contributed by atoms with Gasteiger partial charge in [-0.1, -0.05) is 12.1 Å². The Bertz CT molecular complexity index is 1090. The fraction of sp³-hybridized carbons (Fsp3) is 0.227. The highest BCUT2D eigenvalue weighted by Crippen LogP contribution is 2.34. The molecular formula is C22H22ClF4N5O. The Morgan fingerprint density at radius 3 is 2.33 bits per heavy atom. The molecule has 0 spiro atoms. The number of amides is 1. The smallest absolute Gasteiger partial charge is 0.364 e. The van der Waals surface area contributed by atoms with Crippen LogP contribution in [0.4, 0.5) is 29.1 Å². The Balaban J connectivity index is 0.00000385. The summed E-state index contributed by atoms with van der Waals surface area (Å²) in [7, 11) is 3.31. The number of carbonyl (C=O) groups is 1. The number of nitrogens with zero attached hydrogens (tertiary/aromatic N) is 3. The van der Waals surface area contributed by atoms with Crippen LogP contribution in [0.1, 0.15) is 27.2 Å². The Labute approximate surface area is 194 Å². The molecule has 0 aliphatic rings. The van der Waals surface area contributed by atoms with Gasteiger partial charge >= 0.3 is 6.18 Å². The molecule has 2 aromatic carbocycles. The topological polar surface area (TPSA) is 70.2 Å². The van der Waals surface area contributed by atoms with E-state index in [0.29, 0.717) is 0 Å². The van der Waals surface area contributed by atoms with Gasteiger partial charge in [-0.05, 0) is 55.6 Å². The van der Waals surface area contributed by atoms with Crippen molar-refractivity contribution in [2.75, 3.05) is 24.7 Å². The average molecular weight is 484 g/mol. The molecule has 0 unspecified atom stereocenters. The van der Waals surface area contributed by atoms with E-state index in [9.17, 15) is 22.4 Å². The Morgan fingerprint density at radius 2 is 1.70 bits per heavy atom. The van der Waals surface area contributed by atoms with Crippen LogP contribution in [0.2, 0.25) is 0 Å². The number of anilines is 2. The van der Waals surface area contributed by atoms with E-state index < -0.39 is 17.6 Å². The van der Waals surface area contributed by atoms with Crippen molar-refractivity contribution >= 4 is 29.8 Å². The van der Waals surface area contributed by atoms with Crippen LogP contribution in [0.25, 0.3) is 0 Å². The summed E-state index contributed by atoms with van der Waals surface area (Å²) in [5, 5.41) is 5.55. The molecule has 176 valence electrons. The molecule has 0 saturated heterocycles. The molecule has 0 radical (unpaired) electrons. The number of rotatable bonds is 7. The molecule has 2 N–H and O–H groups in total. The van der Waals surface area contributed by atoms with E-state index in [2.05, 4.69) is 20.6 Å². The summed E-state index contributed by atoms with van der Waals surface area (Å²) >= 11 is 0. The van der Waals surface area contributed by atoms with Crippen LogP contribution in [-0.4, -0.2) is 34.9 Å². The lowest BCUT2D eigenvalue weighted by molar-refractivity contribution is -0.138. The molecule has 6 nitrogen and oxygen atoms in total. The highest BCUT2D eigenvalue weighted by Gasteiger charge is 2.33. The largest absolute Gasteiger partial charge is 0.416 e. The molecular weight excluding hydrogens is 462 g/mol. The van der Waals surface area contributed by atoms with E-state index in [1.54, 1.807) is 31.1 Å². The van der Waals surface area contributed by atoms with Gasteiger partial charge in [-0.25, -0.2) is 14.4 Å². The van der Waals surface area contributed by atoms with Crippen LogP contribution in [0.15, 0.2) is 54.9 Å². The average Bonchev–Trinajstić information content (AvgIpc) is 2.72. The first-order valence-electron chi connectivity index (χ1n) is 9.59. The van der Waals surface area contributed by atoms with E-state index in [0.717, 1.165) is 11.6 Å². The van der Waals surface area contributed by atoms with Crippen molar-refractivity contribution < 1.29 is 22.4 Å². The third-order valence-corrected chi connectivity index (χ3v) is 4.44. The summed E-state index contributed by atoms with van der Waals surface area (Å²) in [6.07, 6.45) is -1.77. The van der Waals surface area contributed by atoms with Gasteiger partial charge in [-0.15, -0.1) is 12.4 Å². The normalized spacial score (nSPS) is 11.1. The predicted octanol–water partition coefficient (Wildman–Crippen LogP) is 4.98. The van der Waals surface area contributed by atoms with Gasteiger partial charge in [0.2, 0.25) is 0 Å². The Kier molecular flexibility index (Phi) is 8.72. The zero-order chi connectivity index (χ0) is 23.3. The molecule has 0 saturated carbocycles. The van der Waals surface area contributed by atoms with Gasteiger partial charge < -0.3 is 15.5 Å². The maximum absolute atomic E-state index is 13.3. The fourth-order valence-electron chi connectivity index (χ4n) is 3.03. The van der Waals surface area contributed by atoms with E-state index in [-0.39, 0.29) is 54.1 Å². The fourth-order valence-corrected chi connectivity index (χ4v) is 3.03. The SMILES string of the molecule is CN(C)Cc1cc(NC(=O)c2nccnc2NCc2ccc(F)cc2)ccc1C(F)(F)F.Cl. The zero-order valence-corrected chi connectivity index (χ0v) is 18.6. The second-order valence-electron chi connectivity index (χ2n) is 7.30. The molecule has 1 aromatic heterocycles. The van der Waals surface area contributed by atoms with Crippen LogP contribution in [0.3, 0.4) is 0 Å². The quantitative estimate of drug-likeness (QED) is 0.464. The molecule has 3 rings (SSSR count). The summed E-state index contributed by atoms with van der Waals surface area (Å²) in [6, 6.07) is 9.25. The summed E-state index contributed by atoms with van der Waals surface area (Å²) in [4.78, 5) is 22.5. The molecule has 0 bridgehead atoms. The van der Waals surface area contributed by atoms with Crippen molar-refractivity contribution in [3.63, 3.8) is 0 Å². The lowest BCUT2D eigenvalue weighted by Gasteiger charge is -2.18. The van der Waals surface area contributed by atoms with E-state index >= 15 is 0 Å². The van der Waals surface area contributed by atoms with Crippen molar-refractivity contribution in [3.05, 3.63) is 83.1 Å². The molecule has 11 heteroatoms. The van der Waals surface area contributed by atoms with Crippen LogP contribution >= 0.6 is 12.4 Å². The Morgan fingerprint density at radius 1 is 1.03 bits per heavy atom. The third-order valence-electron chi connectivity index (χ3n) is 4.44. The summed E-state index contributed by atoms with van der Waals surface area (Å²) in [5.74, 6) is -0.802. The van der Waals surface area contributed by atoms with Gasteiger partial charge in [0.15, 0.2) is 11.5 Å². The number of halogens is 5. The van der Waals surface area contributed by atoms with Gasteiger partial charge in [0.25, 0.3) is 5.91 Å². The lowest BCUT2D eigenvalue weighted by Crippen LogP contribution is -2.19. The maximum Gasteiger partial charge on any atom is 0.416 e. The first-order chi connectivity index (χ1) is 15.1. The van der Waals surface area contributed by atoms with E-state index in [4.69, 9.17) is 0 Å². The van der Waals surface area contributed by atoms with Gasteiger partial charge in [0.05, 0.1) is 5.56 Å². The number of benzene rings is 2. The Hall–Kier alpha value is -3.24. The monoisotopic (exact) mass is 483 g/mol. The first kappa shape index (κ1) is 26.0. The van der Waals surface area contributed by atoms with Crippen molar-refractivity contribution in [3.8, 4) is 0 Å². The van der Waals surface area contributed by atoms with E-state index in [1.807, 2.05) is 0 Å². The van der Waals surface area contributed by atoms with Crippen molar-refractivity contribution in [1.29, 1.82) is 0 Å². The number of hydrogen-bond donors (Lipinski definition) is 2. The first-order valence-corrected chi connectivity index (χ1v) is 9.59. The number of nitrogens with one attached hydrogen (secondary N) is 2. The highest BCUT2D eigenvalue weighted by molar-refractivity contribution is 6.06. The zero-order valence-electron chi connectivity index (χ0n) is 17.8. The number of carbonyl (C=O) groups excluding carboxylic acids is 1. The molecule has 0 atom stereocenters. The highest BCUT2D eigenvalue weighted by atomic mass is 35.5. The summed E-state index contributed by atoms with van der Waals surface area (Å²) in [6.45, 7) is 0.320. The molecule has 0 aliphatic heterocycles. The van der Waals surface area contributed by atoms with Gasteiger partial charge in [0.1, 0.15) is 5.82 Å². The van der Waals surface area contributed by atoms with Crippen LogP contribution in [0, 0.1) is 5.82 Å². The molecule has 1 heterocycles. The van der Waals surface area contributed by atoms with Gasteiger partial charge in [-0.2, -0.15) is 13.2 Å². The van der Waals surface area contributed by atoms with Crippen molar-refractivity contribution in [2.45, 2.75) is 19.3 Å². The maximum atomic E-state index is 13.3. The minimum absolute atomic E-state index is 0. The summed E-state index contributed by atoms with van der Waals surface area (Å²) < 4.78 is 53.0. The second kappa shape index (κ2) is 11.1. The van der Waals surface area contributed by atoms with Crippen LogP contribution in [-0.2, 0) is 19.3 Å². The lowest BCUT2D eigenvalue weighted by atomic mass is 10.1. The number of hydrogen-bond acceptors (Lipinski definition) is 5. The minimum Gasteiger partial charge on any atom is -0.364 e. The molecule has 33 heavy (non-hydrogen) atoms. The number of aromatic nitrogens is 2. The standard InChI is InChI=1S/C22H21F4N5O.ClH/c1-31(2)13-15-11-17(7-8-18(15)22(24,25)26)30-21(32)19-20(28-10-9-27-19)29-12-14-3-5-16(23)6-4-14;/h3-11H,12-13H2,1-2H3,(H,28,29)(H,30,32);1H.